The highest BCUT2D eigenvalue weighted by atomic mass is 16.6. The number of ether oxygens (including phenoxy) is 1. The lowest BCUT2D eigenvalue weighted by Crippen LogP contribution is -2.50. The van der Waals surface area contributed by atoms with Gasteiger partial charge in [0, 0.05) is 43.9 Å². The topological polar surface area (TPSA) is 107 Å². The van der Waals surface area contributed by atoms with Crippen LogP contribution >= 0.6 is 0 Å². The molecule has 3 rings (SSSR count). The molecule has 1 saturated heterocycles. The fraction of sp³-hybridized carbons (Fsp3) is 0.500. The number of benzene rings is 1. The van der Waals surface area contributed by atoms with Crippen molar-refractivity contribution in [3.8, 4) is 11.4 Å². The number of nitro benzene ring substituents is 1. The van der Waals surface area contributed by atoms with Crippen molar-refractivity contribution < 1.29 is 14.5 Å². The van der Waals surface area contributed by atoms with Gasteiger partial charge >= 0.3 is 6.09 Å². The average molecular weight is 388 g/mol. The SMILES string of the molecule is CC(C)(C)OC(=O)N1CCN(Cn2cnc(-c3cccc([N+](=O)[O-])c3)n2)CC1. The smallest absolute Gasteiger partial charge is 0.410 e. The number of carbonyl (C=O) groups excluding carboxylic acids is 1. The summed E-state index contributed by atoms with van der Waals surface area (Å²) in [4.78, 5) is 30.7. The minimum Gasteiger partial charge on any atom is -0.444 e. The first kappa shape index (κ1) is 19.7. The van der Waals surface area contributed by atoms with Crippen LogP contribution in [0.5, 0.6) is 0 Å². The highest BCUT2D eigenvalue weighted by Crippen LogP contribution is 2.20. The van der Waals surface area contributed by atoms with E-state index in [4.69, 9.17) is 4.74 Å². The van der Waals surface area contributed by atoms with Crippen LogP contribution in [0.15, 0.2) is 30.6 Å². The summed E-state index contributed by atoms with van der Waals surface area (Å²) in [5, 5.41) is 15.3. The summed E-state index contributed by atoms with van der Waals surface area (Å²) < 4.78 is 7.09. The third-order valence-corrected chi connectivity index (χ3v) is 4.22. The first-order valence-corrected chi connectivity index (χ1v) is 9.06. The molecule has 0 aliphatic carbocycles. The van der Waals surface area contributed by atoms with Gasteiger partial charge in [-0.05, 0) is 20.8 Å². The maximum atomic E-state index is 12.1. The third kappa shape index (κ3) is 5.03. The van der Waals surface area contributed by atoms with E-state index in [9.17, 15) is 14.9 Å². The Hall–Kier alpha value is -3.01. The van der Waals surface area contributed by atoms with Crippen molar-refractivity contribution in [2.24, 2.45) is 0 Å². The molecule has 1 fully saturated rings. The largest absolute Gasteiger partial charge is 0.444 e. The monoisotopic (exact) mass is 388 g/mol. The molecule has 1 aromatic carbocycles. The van der Waals surface area contributed by atoms with Crippen molar-refractivity contribution in [1.82, 2.24) is 24.6 Å². The number of nitro groups is 1. The van der Waals surface area contributed by atoms with Gasteiger partial charge in [-0.2, -0.15) is 0 Å². The number of hydrogen-bond donors (Lipinski definition) is 0. The molecule has 0 N–H and O–H groups in total. The van der Waals surface area contributed by atoms with Crippen LogP contribution in [0.3, 0.4) is 0 Å². The molecule has 0 radical (unpaired) electrons. The Kier molecular flexibility index (Phi) is 5.59. The highest BCUT2D eigenvalue weighted by molar-refractivity contribution is 5.68. The molecule has 10 nitrogen and oxygen atoms in total. The van der Waals surface area contributed by atoms with E-state index in [2.05, 4.69) is 15.0 Å². The lowest BCUT2D eigenvalue weighted by molar-refractivity contribution is -0.384. The summed E-state index contributed by atoms with van der Waals surface area (Å²) in [6.45, 7) is 8.66. The number of piperazine rings is 1. The van der Waals surface area contributed by atoms with E-state index >= 15 is 0 Å². The number of carbonyl (C=O) groups is 1. The Morgan fingerprint density at radius 2 is 1.96 bits per heavy atom. The maximum Gasteiger partial charge on any atom is 0.410 e. The van der Waals surface area contributed by atoms with E-state index in [0.717, 1.165) is 0 Å². The zero-order valence-electron chi connectivity index (χ0n) is 16.2. The molecule has 0 bridgehead atoms. The highest BCUT2D eigenvalue weighted by Gasteiger charge is 2.26. The normalized spacial score (nSPS) is 15.5. The Balaban J connectivity index is 1.56. The zero-order chi connectivity index (χ0) is 20.3. The molecule has 150 valence electrons. The van der Waals surface area contributed by atoms with Gasteiger partial charge in [0.1, 0.15) is 11.9 Å². The molecule has 1 aromatic heterocycles. The van der Waals surface area contributed by atoms with E-state index < -0.39 is 10.5 Å². The van der Waals surface area contributed by atoms with Gasteiger partial charge in [-0.25, -0.2) is 14.5 Å². The molecule has 1 amide bonds. The van der Waals surface area contributed by atoms with Gasteiger partial charge in [-0.3, -0.25) is 15.0 Å². The second-order valence-corrected chi connectivity index (χ2v) is 7.64. The molecule has 1 aliphatic rings. The lowest BCUT2D eigenvalue weighted by Gasteiger charge is -2.35. The van der Waals surface area contributed by atoms with Crippen molar-refractivity contribution in [2.75, 3.05) is 26.2 Å². The molecule has 0 spiro atoms. The van der Waals surface area contributed by atoms with Crippen LogP contribution in [0, 0.1) is 10.1 Å². The Bertz CT molecular complexity index is 852. The summed E-state index contributed by atoms with van der Waals surface area (Å²) in [5.74, 6) is 0.441. The minimum atomic E-state index is -0.502. The number of hydrogen-bond acceptors (Lipinski definition) is 7. The molecule has 28 heavy (non-hydrogen) atoms. The van der Waals surface area contributed by atoms with Crippen molar-refractivity contribution in [3.05, 3.63) is 40.7 Å². The van der Waals surface area contributed by atoms with Crippen LogP contribution in [-0.4, -0.2) is 67.4 Å². The molecule has 0 saturated carbocycles. The average Bonchev–Trinajstić information content (AvgIpc) is 3.09. The van der Waals surface area contributed by atoms with Gasteiger partial charge in [0.05, 0.1) is 11.6 Å². The van der Waals surface area contributed by atoms with Crippen molar-refractivity contribution in [2.45, 2.75) is 33.0 Å². The number of nitrogens with zero attached hydrogens (tertiary/aromatic N) is 6. The van der Waals surface area contributed by atoms with Gasteiger partial charge in [0.15, 0.2) is 5.82 Å². The van der Waals surface area contributed by atoms with Crippen LogP contribution < -0.4 is 0 Å². The third-order valence-electron chi connectivity index (χ3n) is 4.22. The van der Waals surface area contributed by atoms with Gasteiger partial charge in [-0.15, -0.1) is 5.10 Å². The Morgan fingerprint density at radius 3 is 2.61 bits per heavy atom. The Morgan fingerprint density at radius 1 is 1.25 bits per heavy atom. The van der Waals surface area contributed by atoms with Gasteiger partial charge in [0.25, 0.3) is 5.69 Å². The first-order chi connectivity index (χ1) is 13.2. The molecular weight excluding hydrogens is 364 g/mol. The maximum absolute atomic E-state index is 12.1. The summed E-state index contributed by atoms with van der Waals surface area (Å²) in [5.41, 5.74) is 0.104. The molecule has 10 heteroatoms. The summed E-state index contributed by atoms with van der Waals surface area (Å²) >= 11 is 0. The fourth-order valence-electron chi connectivity index (χ4n) is 2.86. The Labute approximate surface area is 162 Å². The van der Waals surface area contributed by atoms with Crippen LogP contribution in [0.25, 0.3) is 11.4 Å². The van der Waals surface area contributed by atoms with Crippen molar-refractivity contribution >= 4 is 11.8 Å². The van der Waals surface area contributed by atoms with E-state index in [0.29, 0.717) is 44.2 Å². The number of non-ortho nitro benzene ring substituents is 1. The van der Waals surface area contributed by atoms with Crippen LogP contribution in [0.1, 0.15) is 20.8 Å². The molecule has 1 aliphatic heterocycles. The second kappa shape index (κ2) is 7.93. The standard InChI is InChI=1S/C18H24N6O4/c1-18(2,3)28-17(25)22-9-7-21(8-10-22)13-23-12-19-16(20-23)14-5-4-6-15(11-14)24(26)27/h4-6,11-12H,7-10,13H2,1-3H3. The van der Waals surface area contributed by atoms with Crippen LogP contribution in [0.2, 0.25) is 0 Å². The number of amides is 1. The second-order valence-electron chi connectivity index (χ2n) is 7.64. The predicted molar refractivity (Wildman–Crippen MR) is 101 cm³/mol. The van der Waals surface area contributed by atoms with E-state index in [-0.39, 0.29) is 11.8 Å². The van der Waals surface area contributed by atoms with Crippen molar-refractivity contribution in [3.63, 3.8) is 0 Å². The van der Waals surface area contributed by atoms with E-state index in [1.807, 2.05) is 20.8 Å². The van der Waals surface area contributed by atoms with Gasteiger partial charge in [-0.1, -0.05) is 12.1 Å². The quantitative estimate of drug-likeness (QED) is 0.584. The summed E-state index contributed by atoms with van der Waals surface area (Å²) in [6.07, 6.45) is 1.31. The van der Waals surface area contributed by atoms with E-state index in [1.165, 1.54) is 12.1 Å². The zero-order valence-corrected chi connectivity index (χ0v) is 16.2. The minimum absolute atomic E-state index is 0.00659. The van der Waals surface area contributed by atoms with Gasteiger partial charge < -0.3 is 9.64 Å². The molecular formula is C18H24N6O4. The van der Waals surface area contributed by atoms with Crippen molar-refractivity contribution in [1.29, 1.82) is 0 Å². The van der Waals surface area contributed by atoms with Crippen LogP contribution in [-0.2, 0) is 11.4 Å². The summed E-state index contributed by atoms with van der Waals surface area (Å²) in [6, 6.07) is 6.25. The van der Waals surface area contributed by atoms with Crippen LogP contribution in [0.4, 0.5) is 10.5 Å². The fourth-order valence-corrected chi connectivity index (χ4v) is 2.86. The number of rotatable bonds is 4. The summed E-state index contributed by atoms with van der Waals surface area (Å²) in [7, 11) is 0. The number of aromatic nitrogens is 3. The predicted octanol–water partition coefficient (Wildman–Crippen LogP) is 2.36. The first-order valence-electron chi connectivity index (χ1n) is 9.06. The molecule has 0 unspecified atom stereocenters. The van der Waals surface area contributed by atoms with Gasteiger partial charge in [0.2, 0.25) is 0 Å². The lowest BCUT2D eigenvalue weighted by atomic mass is 10.2. The van der Waals surface area contributed by atoms with E-state index in [1.54, 1.807) is 28.0 Å². The molecule has 2 aromatic rings. The molecule has 2 heterocycles. The molecule has 0 atom stereocenters.